The molecule has 1 fully saturated rings. The SMILES string of the molecule is CCSC(C)C[C@H]1C[C@H](c2ccc(OC)cc2)[C@@H](OCc2ccc3c(c2)N(CCCOC)CCO3)CN1. The van der Waals surface area contributed by atoms with Crippen LogP contribution in [0.4, 0.5) is 5.69 Å². The van der Waals surface area contributed by atoms with E-state index in [-0.39, 0.29) is 6.10 Å². The standard InChI is InChI=1S/C30H44N2O4S/c1-5-37-22(2)17-25-19-27(24-8-10-26(34-4)11-9-24)30(20-31-25)36-21-23-7-12-29-28(18-23)32(14-16-35-29)13-6-15-33-3/h7-12,18,22,25,27,30-31H,5-6,13-17,19-21H2,1-4H3/t22?,25-,27+,30-/m0/s1. The first-order chi connectivity index (χ1) is 18.1. The number of hydrogen-bond donors (Lipinski definition) is 1. The van der Waals surface area contributed by atoms with Gasteiger partial charge in [0, 0.05) is 44.0 Å². The molecule has 1 N–H and O–H groups in total. The summed E-state index contributed by atoms with van der Waals surface area (Å²) >= 11 is 2.04. The van der Waals surface area contributed by atoms with E-state index in [1.54, 1.807) is 14.2 Å². The predicted molar refractivity (Wildman–Crippen MR) is 154 cm³/mol. The van der Waals surface area contributed by atoms with E-state index < -0.39 is 0 Å². The summed E-state index contributed by atoms with van der Waals surface area (Å²) in [5.74, 6) is 3.37. The van der Waals surface area contributed by atoms with Gasteiger partial charge in [0.25, 0.3) is 0 Å². The van der Waals surface area contributed by atoms with Crippen LogP contribution in [0.1, 0.15) is 50.2 Å². The third-order valence-corrected chi connectivity index (χ3v) is 8.52. The fourth-order valence-corrected chi connectivity index (χ4v) is 6.46. The fourth-order valence-electron chi connectivity index (χ4n) is 5.52. The van der Waals surface area contributed by atoms with E-state index >= 15 is 0 Å². The lowest BCUT2D eigenvalue weighted by molar-refractivity contribution is 0.00231. The van der Waals surface area contributed by atoms with Crippen LogP contribution in [0.2, 0.25) is 0 Å². The number of ether oxygens (including phenoxy) is 4. The van der Waals surface area contributed by atoms with E-state index in [4.69, 9.17) is 18.9 Å². The summed E-state index contributed by atoms with van der Waals surface area (Å²) in [4.78, 5) is 2.41. The Morgan fingerprint density at radius 2 is 2.00 bits per heavy atom. The molecule has 204 valence electrons. The number of anilines is 1. The Kier molecular flexibility index (Phi) is 10.8. The van der Waals surface area contributed by atoms with Gasteiger partial charge in [-0.3, -0.25) is 0 Å². The number of methoxy groups -OCH3 is 2. The van der Waals surface area contributed by atoms with Crippen molar-refractivity contribution in [2.75, 3.05) is 57.7 Å². The average molecular weight is 529 g/mol. The molecular formula is C30H44N2O4S. The number of fused-ring (bicyclic) bond motifs is 1. The molecule has 0 bridgehead atoms. The van der Waals surface area contributed by atoms with E-state index in [1.165, 1.54) is 23.2 Å². The van der Waals surface area contributed by atoms with E-state index in [2.05, 4.69) is 66.5 Å². The van der Waals surface area contributed by atoms with Crippen LogP contribution in [0.15, 0.2) is 42.5 Å². The minimum Gasteiger partial charge on any atom is -0.497 e. The normalized spacial score (nSPS) is 22.3. The summed E-state index contributed by atoms with van der Waals surface area (Å²) in [6.45, 7) is 9.41. The molecular weight excluding hydrogens is 484 g/mol. The van der Waals surface area contributed by atoms with Crippen LogP contribution in [0.5, 0.6) is 11.5 Å². The topological polar surface area (TPSA) is 52.2 Å². The molecule has 0 spiro atoms. The van der Waals surface area contributed by atoms with Gasteiger partial charge >= 0.3 is 0 Å². The quantitative estimate of drug-likeness (QED) is 0.345. The summed E-state index contributed by atoms with van der Waals surface area (Å²) < 4.78 is 23.2. The molecule has 0 saturated carbocycles. The minimum absolute atomic E-state index is 0.115. The van der Waals surface area contributed by atoms with Crippen molar-refractivity contribution in [2.24, 2.45) is 0 Å². The van der Waals surface area contributed by atoms with E-state index in [0.29, 0.717) is 23.8 Å². The Bertz CT molecular complexity index is 957. The third-order valence-electron chi connectivity index (χ3n) is 7.43. The van der Waals surface area contributed by atoms with Crippen molar-refractivity contribution in [2.45, 2.75) is 63.0 Å². The molecule has 2 heterocycles. The first-order valence-corrected chi connectivity index (χ1v) is 14.8. The number of rotatable bonds is 13. The third kappa shape index (κ3) is 7.79. The van der Waals surface area contributed by atoms with Crippen molar-refractivity contribution in [3.05, 3.63) is 53.6 Å². The van der Waals surface area contributed by atoms with Crippen molar-refractivity contribution >= 4 is 17.4 Å². The van der Waals surface area contributed by atoms with Crippen LogP contribution < -0.4 is 19.7 Å². The van der Waals surface area contributed by atoms with Gasteiger partial charge in [-0.25, -0.2) is 0 Å². The molecule has 2 aliphatic heterocycles. The Morgan fingerprint density at radius 3 is 2.76 bits per heavy atom. The van der Waals surface area contributed by atoms with Crippen molar-refractivity contribution in [3.63, 3.8) is 0 Å². The van der Waals surface area contributed by atoms with E-state index in [0.717, 1.165) is 62.9 Å². The molecule has 2 aromatic carbocycles. The van der Waals surface area contributed by atoms with Gasteiger partial charge in [0.05, 0.1) is 32.1 Å². The Morgan fingerprint density at radius 1 is 1.16 bits per heavy atom. The summed E-state index contributed by atoms with van der Waals surface area (Å²) in [7, 11) is 3.48. The second-order valence-electron chi connectivity index (χ2n) is 10.1. The number of thioether (sulfide) groups is 1. The molecule has 0 radical (unpaired) electrons. The van der Waals surface area contributed by atoms with Gasteiger partial charge < -0.3 is 29.2 Å². The van der Waals surface area contributed by atoms with E-state index in [9.17, 15) is 0 Å². The minimum atomic E-state index is 0.115. The average Bonchev–Trinajstić information content (AvgIpc) is 2.92. The van der Waals surface area contributed by atoms with E-state index in [1.807, 2.05) is 11.8 Å². The Balaban J connectivity index is 1.44. The van der Waals surface area contributed by atoms with Gasteiger partial charge in [0.1, 0.15) is 18.1 Å². The maximum Gasteiger partial charge on any atom is 0.142 e. The fraction of sp³-hybridized carbons (Fsp3) is 0.600. The lowest BCUT2D eigenvalue weighted by Crippen LogP contribution is -2.47. The summed E-state index contributed by atoms with van der Waals surface area (Å²) in [6, 6.07) is 15.5. The molecule has 7 heteroatoms. The highest BCUT2D eigenvalue weighted by Crippen LogP contribution is 2.36. The number of nitrogens with one attached hydrogen (secondary N) is 1. The highest BCUT2D eigenvalue weighted by Gasteiger charge is 2.33. The van der Waals surface area contributed by atoms with Crippen molar-refractivity contribution in [3.8, 4) is 11.5 Å². The highest BCUT2D eigenvalue weighted by atomic mass is 32.2. The molecule has 0 aromatic heterocycles. The van der Waals surface area contributed by atoms with Gasteiger partial charge in [-0.2, -0.15) is 11.8 Å². The number of piperidine rings is 1. The Labute approximate surface area is 227 Å². The van der Waals surface area contributed by atoms with Crippen molar-refractivity contribution in [1.82, 2.24) is 5.32 Å². The molecule has 6 nitrogen and oxygen atoms in total. The summed E-state index contributed by atoms with van der Waals surface area (Å²) in [5.41, 5.74) is 3.68. The zero-order valence-corrected chi connectivity index (χ0v) is 23.7. The lowest BCUT2D eigenvalue weighted by atomic mass is 9.83. The van der Waals surface area contributed by atoms with Crippen LogP contribution in [-0.4, -0.2) is 70.2 Å². The molecule has 4 rings (SSSR count). The lowest BCUT2D eigenvalue weighted by Gasteiger charge is -2.38. The number of benzene rings is 2. The summed E-state index contributed by atoms with van der Waals surface area (Å²) in [6.07, 6.45) is 3.38. The molecule has 2 aromatic rings. The zero-order chi connectivity index (χ0) is 26.0. The molecule has 1 saturated heterocycles. The molecule has 1 unspecified atom stereocenters. The van der Waals surface area contributed by atoms with Crippen LogP contribution in [-0.2, 0) is 16.1 Å². The molecule has 0 aliphatic carbocycles. The molecule has 0 amide bonds. The maximum absolute atomic E-state index is 6.64. The van der Waals surface area contributed by atoms with Crippen LogP contribution in [0, 0.1) is 0 Å². The predicted octanol–water partition coefficient (Wildman–Crippen LogP) is 5.49. The van der Waals surface area contributed by atoms with Gasteiger partial charge in [-0.05, 0) is 60.4 Å². The smallest absolute Gasteiger partial charge is 0.142 e. The maximum atomic E-state index is 6.64. The van der Waals surface area contributed by atoms with Crippen molar-refractivity contribution < 1.29 is 18.9 Å². The summed E-state index contributed by atoms with van der Waals surface area (Å²) in [5, 5.41) is 4.45. The number of hydrogen-bond acceptors (Lipinski definition) is 7. The molecule has 37 heavy (non-hydrogen) atoms. The van der Waals surface area contributed by atoms with Crippen LogP contribution in [0.3, 0.4) is 0 Å². The first-order valence-electron chi connectivity index (χ1n) is 13.7. The van der Waals surface area contributed by atoms with Gasteiger partial charge in [0.15, 0.2) is 0 Å². The second kappa shape index (κ2) is 14.3. The van der Waals surface area contributed by atoms with Gasteiger partial charge in [0.2, 0.25) is 0 Å². The molecule has 2 aliphatic rings. The zero-order valence-electron chi connectivity index (χ0n) is 22.9. The largest absolute Gasteiger partial charge is 0.497 e. The first kappa shape index (κ1) is 28.1. The molecule has 4 atom stereocenters. The van der Waals surface area contributed by atoms with Crippen LogP contribution in [0.25, 0.3) is 0 Å². The highest BCUT2D eigenvalue weighted by molar-refractivity contribution is 7.99. The second-order valence-corrected chi connectivity index (χ2v) is 11.8. The van der Waals surface area contributed by atoms with Gasteiger partial charge in [-0.1, -0.05) is 32.0 Å². The van der Waals surface area contributed by atoms with Crippen molar-refractivity contribution in [1.29, 1.82) is 0 Å². The monoisotopic (exact) mass is 528 g/mol. The van der Waals surface area contributed by atoms with Gasteiger partial charge in [-0.15, -0.1) is 0 Å². The Hall–Kier alpha value is -1.93. The van der Waals surface area contributed by atoms with Crippen LogP contribution >= 0.6 is 11.8 Å². The number of nitrogens with zero attached hydrogens (tertiary/aromatic N) is 1.